The number of carbonyl (C=O) groups is 1. The van der Waals surface area contributed by atoms with Crippen molar-refractivity contribution in [2.45, 2.75) is 25.6 Å². The van der Waals surface area contributed by atoms with Gasteiger partial charge in [0.15, 0.2) is 6.10 Å². The van der Waals surface area contributed by atoms with Crippen molar-refractivity contribution < 1.29 is 28.9 Å². The summed E-state index contributed by atoms with van der Waals surface area (Å²) >= 11 is 0. The number of halogens is 1. The molecule has 0 amide bonds. The molecular formula is C18H19FO5. The van der Waals surface area contributed by atoms with Gasteiger partial charge >= 0.3 is 5.97 Å². The van der Waals surface area contributed by atoms with Crippen LogP contribution in [0.3, 0.4) is 0 Å². The van der Waals surface area contributed by atoms with E-state index in [1.165, 1.54) is 30.3 Å². The zero-order chi connectivity index (χ0) is 17.4. The summed E-state index contributed by atoms with van der Waals surface area (Å²) in [5.74, 6) is -0.947. The number of benzene rings is 2. The lowest BCUT2D eigenvalue weighted by Crippen LogP contribution is -2.27. The summed E-state index contributed by atoms with van der Waals surface area (Å²) in [5, 5.41) is 18.4. The van der Waals surface area contributed by atoms with Gasteiger partial charge in [-0.1, -0.05) is 18.2 Å². The second-order valence-corrected chi connectivity index (χ2v) is 5.22. The highest BCUT2D eigenvalue weighted by Gasteiger charge is 2.19. The molecule has 2 rings (SSSR count). The summed E-state index contributed by atoms with van der Waals surface area (Å²) in [6.45, 7) is 0.445. The van der Waals surface area contributed by atoms with Gasteiger partial charge in [-0.3, -0.25) is 0 Å². The van der Waals surface area contributed by atoms with E-state index < -0.39 is 12.1 Å². The molecule has 0 saturated heterocycles. The van der Waals surface area contributed by atoms with Crippen molar-refractivity contribution in [1.82, 2.24) is 0 Å². The Balaban J connectivity index is 1.74. The van der Waals surface area contributed by atoms with E-state index in [2.05, 4.69) is 0 Å². The van der Waals surface area contributed by atoms with E-state index in [1.807, 2.05) is 0 Å². The molecule has 24 heavy (non-hydrogen) atoms. The number of aliphatic carboxylic acids is 1. The van der Waals surface area contributed by atoms with Gasteiger partial charge in [0.2, 0.25) is 0 Å². The zero-order valence-corrected chi connectivity index (χ0v) is 13.0. The largest absolute Gasteiger partial charge is 0.508 e. The van der Waals surface area contributed by atoms with Crippen LogP contribution in [0.2, 0.25) is 0 Å². The maximum Gasteiger partial charge on any atom is 0.344 e. The van der Waals surface area contributed by atoms with Gasteiger partial charge in [0.25, 0.3) is 0 Å². The Kier molecular flexibility index (Phi) is 6.57. The minimum Gasteiger partial charge on any atom is -0.508 e. The molecule has 2 aromatic rings. The van der Waals surface area contributed by atoms with Gasteiger partial charge in [-0.2, -0.15) is 0 Å². The predicted octanol–water partition coefficient (Wildman–Crippen LogP) is 3.36. The van der Waals surface area contributed by atoms with Gasteiger partial charge in [0.1, 0.15) is 17.3 Å². The van der Waals surface area contributed by atoms with Crippen LogP contribution in [0, 0.1) is 5.82 Å². The lowest BCUT2D eigenvalue weighted by molar-refractivity contribution is -0.145. The van der Waals surface area contributed by atoms with Crippen LogP contribution in [-0.4, -0.2) is 28.9 Å². The Bertz CT molecular complexity index is 657. The van der Waals surface area contributed by atoms with Crippen LogP contribution < -0.4 is 4.74 Å². The standard InChI is InChI=1S/C18H19FO5/c19-16-5-2-1-4-13(16)12-23-11-3-6-17(18(21)22)24-15-9-7-14(20)8-10-15/h1-2,4-5,7-10,17,20H,3,6,11-12H2,(H,21,22). The number of phenols is 1. The Morgan fingerprint density at radius 2 is 1.83 bits per heavy atom. The van der Waals surface area contributed by atoms with Gasteiger partial charge in [-0.05, 0) is 43.2 Å². The lowest BCUT2D eigenvalue weighted by Gasteiger charge is -2.15. The topological polar surface area (TPSA) is 76.0 Å². The highest BCUT2D eigenvalue weighted by molar-refractivity contribution is 5.72. The SMILES string of the molecule is O=C(O)C(CCCOCc1ccccc1F)Oc1ccc(O)cc1. The maximum absolute atomic E-state index is 13.4. The molecule has 0 bridgehead atoms. The molecule has 0 aromatic heterocycles. The second kappa shape index (κ2) is 8.88. The second-order valence-electron chi connectivity index (χ2n) is 5.22. The minimum absolute atomic E-state index is 0.0794. The molecule has 5 nitrogen and oxygen atoms in total. The van der Waals surface area contributed by atoms with E-state index in [9.17, 15) is 19.4 Å². The monoisotopic (exact) mass is 334 g/mol. The number of carboxylic acids is 1. The van der Waals surface area contributed by atoms with Crippen LogP contribution in [0.1, 0.15) is 18.4 Å². The van der Waals surface area contributed by atoms with E-state index in [1.54, 1.807) is 18.2 Å². The van der Waals surface area contributed by atoms with Crippen molar-refractivity contribution >= 4 is 5.97 Å². The number of hydrogen-bond acceptors (Lipinski definition) is 4. The van der Waals surface area contributed by atoms with Gasteiger partial charge in [0, 0.05) is 12.2 Å². The van der Waals surface area contributed by atoms with E-state index in [0.717, 1.165) is 0 Å². The summed E-state index contributed by atoms with van der Waals surface area (Å²) in [6, 6.07) is 12.2. The molecule has 0 aliphatic rings. The molecule has 0 saturated carbocycles. The van der Waals surface area contributed by atoms with Gasteiger partial charge in [-0.15, -0.1) is 0 Å². The van der Waals surface area contributed by atoms with Gasteiger partial charge in [0.05, 0.1) is 6.61 Å². The van der Waals surface area contributed by atoms with Gasteiger partial charge < -0.3 is 19.7 Å². The van der Waals surface area contributed by atoms with Crippen molar-refractivity contribution in [3.63, 3.8) is 0 Å². The smallest absolute Gasteiger partial charge is 0.344 e. The Morgan fingerprint density at radius 1 is 1.12 bits per heavy atom. The van der Waals surface area contributed by atoms with Gasteiger partial charge in [-0.25, -0.2) is 9.18 Å². The number of phenolic OH excluding ortho intramolecular Hbond substituents is 1. The molecule has 0 heterocycles. The molecular weight excluding hydrogens is 315 g/mol. The molecule has 2 N–H and O–H groups in total. The Morgan fingerprint density at radius 3 is 2.50 bits per heavy atom. The summed E-state index contributed by atoms with van der Waals surface area (Å²) in [6.07, 6.45) is -0.289. The first kappa shape index (κ1) is 17.7. The molecule has 2 aromatic carbocycles. The summed E-state index contributed by atoms with van der Waals surface area (Å²) in [7, 11) is 0. The Labute approximate surface area is 139 Å². The molecule has 0 radical (unpaired) electrons. The van der Waals surface area contributed by atoms with E-state index >= 15 is 0 Å². The summed E-state index contributed by atoms with van der Waals surface area (Å²) in [4.78, 5) is 11.2. The first-order valence-corrected chi connectivity index (χ1v) is 7.56. The minimum atomic E-state index is -1.07. The fraction of sp³-hybridized carbons (Fsp3) is 0.278. The third kappa shape index (κ3) is 5.55. The fourth-order valence-corrected chi connectivity index (χ4v) is 2.09. The molecule has 1 atom stereocenters. The normalized spacial score (nSPS) is 11.9. The van der Waals surface area contributed by atoms with Crippen LogP contribution in [0.25, 0.3) is 0 Å². The molecule has 1 unspecified atom stereocenters. The van der Waals surface area contributed by atoms with Crippen LogP contribution in [0.15, 0.2) is 48.5 Å². The number of ether oxygens (including phenoxy) is 2. The molecule has 0 aliphatic carbocycles. The molecule has 6 heteroatoms. The first-order chi connectivity index (χ1) is 11.6. The van der Waals surface area contributed by atoms with Crippen LogP contribution >= 0.6 is 0 Å². The van der Waals surface area contributed by atoms with Crippen molar-refractivity contribution in [1.29, 1.82) is 0 Å². The quantitative estimate of drug-likeness (QED) is 0.688. The average Bonchev–Trinajstić information content (AvgIpc) is 2.56. The number of carboxylic acid groups (broad SMARTS) is 1. The average molecular weight is 334 g/mol. The van der Waals surface area contributed by atoms with Crippen molar-refractivity contribution in [2.75, 3.05) is 6.61 Å². The third-order valence-electron chi connectivity index (χ3n) is 3.36. The predicted molar refractivity (Wildman–Crippen MR) is 85.4 cm³/mol. The Hall–Kier alpha value is -2.60. The molecule has 128 valence electrons. The van der Waals surface area contributed by atoms with E-state index in [0.29, 0.717) is 24.3 Å². The third-order valence-corrected chi connectivity index (χ3v) is 3.36. The van der Waals surface area contributed by atoms with Crippen molar-refractivity contribution in [2.24, 2.45) is 0 Å². The zero-order valence-electron chi connectivity index (χ0n) is 13.0. The summed E-state index contributed by atoms with van der Waals surface area (Å²) < 4.78 is 24.2. The fourth-order valence-electron chi connectivity index (χ4n) is 2.09. The lowest BCUT2D eigenvalue weighted by atomic mass is 10.2. The van der Waals surface area contributed by atoms with E-state index in [4.69, 9.17) is 9.47 Å². The van der Waals surface area contributed by atoms with Crippen LogP contribution in [0.4, 0.5) is 4.39 Å². The van der Waals surface area contributed by atoms with Crippen molar-refractivity contribution in [3.05, 3.63) is 59.9 Å². The molecule has 0 aliphatic heterocycles. The van der Waals surface area contributed by atoms with E-state index in [-0.39, 0.29) is 24.6 Å². The highest BCUT2D eigenvalue weighted by Crippen LogP contribution is 2.18. The van der Waals surface area contributed by atoms with Crippen LogP contribution in [-0.2, 0) is 16.1 Å². The maximum atomic E-state index is 13.4. The number of rotatable bonds is 9. The summed E-state index contributed by atoms with van der Waals surface area (Å²) in [5.41, 5.74) is 0.465. The first-order valence-electron chi connectivity index (χ1n) is 7.56. The van der Waals surface area contributed by atoms with Crippen LogP contribution in [0.5, 0.6) is 11.5 Å². The number of aromatic hydroxyl groups is 1. The molecule has 0 fully saturated rings. The highest BCUT2D eigenvalue weighted by atomic mass is 19.1. The molecule has 0 spiro atoms. The number of hydrogen-bond donors (Lipinski definition) is 2. The van der Waals surface area contributed by atoms with Crippen molar-refractivity contribution in [3.8, 4) is 11.5 Å².